The van der Waals surface area contributed by atoms with Crippen molar-refractivity contribution in [2.45, 2.75) is 0 Å². The van der Waals surface area contributed by atoms with E-state index in [0.717, 1.165) is 15.4 Å². The number of halogens is 1. The van der Waals surface area contributed by atoms with Crippen molar-refractivity contribution in [2.24, 2.45) is 0 Å². The van der Waals surface area contributed by atoms with Crippen LogP contribution in [-0.4, -0.2) is 10.9 Å². The van der Waals surface area contributed by atoms with Crippen molar-refractivity contribution in [3.8, 4) is 5.75 Å². The Bertz CT molecular complexity index is 829. The predicted molar refractivity (Wildman–Crippen MR) is 85.4 cm³/mol. The number of rotatable bonds is 3. The smallest absolute Gasteiger partial charge is 0.221 e. The summed E-state index contributed by atoms with van der Waals surface area (Å²) in [6, 6.07) is 13.9. The number of fused-ring (bicyclic) bond motifs is 1. The number of phenols is 1. The number of allylic oxidation sites excluding steroid dienone is 1. The molecule has 21 heavy (non-hydrogen) atoms. The molecule has 0 aliphatic rings. The van der Waals surface area contributed by atoms with E-state index in [-0.39, 0.29) is 11.5 Å². The predicted octanol–water partition coefficient (Wildman–Crippen LogP) is 4.80. The van der Waals surface area contributed by atoms with Gasteiger partial charge < -0.3 is 9.52 Å². The maximum atomic E-state index is 12.1. The summed E-state index contributed by atoms with van der Waals surface area (Å²) in [5, 5.41) is 10.1. The third-order valence-corrected chi connectivity index (χ3v) is 3.53. The quantitative estimate of drug-likeness (QED) is 0.549. The summed E-state index contributed by atoms with van der Waals surface area (Å²) >= 11 is 3.38. The van der Waals surface area contributed by atoms with Crippen molar-refractivity contribution >= 4 is 38.8 Å². The third kappa shape index (κ3) is 3.06. The summed E-state index contributed by atoms with van der Waals surface area (Å²) in [7, 11) is 0. The van der Waals surface area contributed by atoms with E-state index in [0.29, 0.717) is 11.3 Å². The normalized spacial score (nSPS) is 11.3. The van der Waals surface area contributed by atoms with Crippen LogP contribution in [0.15, 0.2) is 63.5 Å². The van der Waals surface area contributed by atoms with Gasteiger partial charge in [-0.05, 0) is 48.0 Å². The molecule has 0 saturated carbocycles. The van der Waals surface area contributed by atoms with Crippen LogP contribution in [0.5, 0.6) is 5.75 Å². The van der Waals surface area contributed by atoms with Crippen molar-refractivity contribution < 1.29 is 14.3 Å². The van der Waals surface area contributed by atoms with E-state index in [1.165, 1.54) is 6.08 Å². The van der Waals surface area contributed by atoms with Gasteiger partial charge in [-0.2, -0.15) is 0 Å². The highest BCUT2D eigenvalue weighted by Gasteiger charge is 2.09. The molecule has 104 valence electrons. The Hall–Kier alpha value is -2.33. The fourth-order valence-corrected chi connectivity index (χ4v) is 2.35. The van der Waals surface area contributed by atoms with Crippen molar-refractivity contribution in [2.75, 3.05) is 0 Å². The second kappa shape index (κ2) is 5.58. The summed E-state index contributed by atoms with van der Waals surface area (Å²) in [5.74, 6) is 0.301. The highest BCUT2D eigenvalue weighted by Crippen LogP contribution is 2.24. The lowest BCUT2D eigenvalue weighted by Gasteiger charge is -1.93. The van der Waals surface area contributed by atoms with Crippen molar-refractivity contribution in [3.05, 3.63) is 70.4 Å². The van der Waals surface area contributed by atoms with Crippen molar-refractivity contribution in [1.29, 1.82) is 0 Å². The highest BCUT2D eigenvalue weighted by atomic mass is 79.9. The topological polar surface area (TPSA) is 50.4 Å². The molecule has 3 aromatic rings. The Morgan fingerprint density at radius 2 is 1.86 bits per heavy atom. The molecule has 0 radical (unpaired) electrons. The molecule has 0 fully saturated rings. The van der Waals surface area contributed by atoms with E-state index >= 15 is 0 Å². The van der Waals surface area contributed by atoms with E-state index in [4.69, 9.17) is 4.42 Å². The average molecular weight is 343 g/mol. The average Bonchev–Trinajstić information content (AvgIpc) is 2.89. The number of hydrogen-bond donors (Lipinski definition) is 1. The largest absolute Gasteiger partial charge is 0.508 e. The fourth-order valence-electron chi connectivity index (χ4n) is 1.98. The van der Waals surface area contributed by atoms with E-state index in [1.54, 1.807) is 36.4 Å². The maximum Gasteiger partial charge on any atom is 0.221 e. The number of hydrogen-bond acceptors (Lipinski definition) is 3. The summed E-state index contributed by atoms with van der Waals surface area (Å²) in [6.07, 6.45) is 3.14. The lowest BCUT2D eigenvalue weighted by molar-refractivity contribution is 0.102. The molecule has 1 N–H and O–H groups in total. The molecule has 4 heteroatoms. The minimum absolute atomic E-state index is 0.196. The second-order valence-electron chi connectivity index (χ2n) is 4.58. The first-order valence-electron chi connectivity index (χ1n) is 6.32. The Labute approximate surface area is 129 Å². The zero-order valence-corrected chi connectivity index (χ0v) is 12.5. The molecule has 2 aromatic carbocycles. The van der Waals surface area contributed by atoms with Crippen LogP contribution >= 0.6 is 15.9 Å². The van der Waals surface area contributed by atoms with Gasteiger partial charge in [-0.25, -0.2) is 0 Å². The Morgan fingerprint density at radius 1 is 1.10 bits per heavy atom. The number of benzene rings is 2. The summed E-state index contributed by atoms with van der Waals surface area (Å²) in [5.41, 5.74) is 1.51. The second-order valence-corrected chi connectivity index (χ2v) is 5.50. The molecule has 0 bridgehead atoms. The van der Waals surface area contributed by atoms with Gasteiger partial charge in [0.2, 0.25) is 5.78 Å². The summed E-state index contributed by atoms with van der Waals surface area (Å²) < 4.78 is 6.47. The summed E-state index contributed by atoms with van der Waals surface area (Å²) in [4.78, 5) is 12.1. The van der Waals surface area contributed by atoms with E-state index in [1.807, 2.05) is 18.2 Å². The molecule has 3 rings (SSSR count). The van der Waals surface area contributed by atoms with Crippen LogP contribution in [0.2, 0.25) is 0 Å². The number of carbonyl (C=O) groups excluding carboxylic acids is 1. The van der Waals surface area contributed by atoms with Crippen LogP contribution in [0, 0.1) is 0 Å². The van der Waals surface area contributed by atoms with Gasteiger partial charge >= 0.3 is 0 Å². The Morgan fingerprint density at radius 3 is 2.62 bits per heavy atom. The fraction of sp³-hybridized carbons (Fsp3) is 0. The number of furan rings is 1. The molecule has 0 unspecified atom stereocenters. The molecule has 0 spiro atoms. The highest BCUT2D eigenvalue weighted by molar-refractivity contribution is 9.10. The Balaban J connectivity index is 1.84. The zero-order chi connectivity index (χ0) is 14.8. The van der Waals surface area contributed by atoms with E-state index in [9.17, 15) is 9.90 Å². The van der Waals surface area contributed by atoms with Gasteiger partial charge in [0.05, 0.1) is 0 Å². The lowest BCUT2D eigenvalue weighted by atomic mass is 10.1. The van der Waals surface area contributed by atoms with Crippen LogP contribution < -0.4 is 0 Å². The SMILES string of the molecule is O=C(/C=C/c1ccc(O)cc1)c1cc2cc(Br)ccc2o1. The van der Waals surface area contributed by atoms with Gasteiger partial charge in [-0.1, -0.05) is 34.1 Å². The summed E-state index contributed by atoms with van der Waals surface area (Å²) in [6.45, 7) is 0. The molecule has 0 saturated heterocycles. The van der Waals surface area contributed by atoms with Gasteiger partial charge in [0.15, 0.2) is 5.76 Å². The lowest BCUT2D eigenvalue weighted by Crippen LogP contribution is -1.90. The van der Waals surface area contributed by atoms with Crippen LogP contribution in [0.1, 0.15) is 16.1 Å². The first kappa shape index (κ1) is 13.6. The van der Waals surface area contributed by atoms with Crippen LogP contribution in [-0.2, 0) is 0 Å². The number of carbonyl (C=O) groups is 1. The standard InChI is InChI=1S/C17H11BrO3/c18-13-4-8-16-12(9-13)10-17(21-16)15(20)7-3-11-1-5-14(19)6-2-11/h1-10,19H/b7-3+. The van der Waals surface area contributed by atoms with Gasteiger partial charge in [0, 0.05) is 9.86 Å². The molecular weight excluding hydrogens is 332 g/mol. The molecule has 1 aromatic heterocycles. The maximum absolute atomic E-state index is 12.1. The molecular formula is C17H11BrO3. The number of aromatic hydroxyl groups is 1. The minimum Gasteiger partial charge on any atom is -0.508 e. The monoisotopic (exact) mass is 342 g/mol. The number of phenolic OH excluding ortho intramolecular Hbond substituents is 1. The Kier molecular flexibility index (Phi) is 3.62. The van der Waals surface area contributed by atoms with Crippen molar-refractivity contribution in [3.63, 3.8) is 0 Å². The third-order valence-electron chi connectivity index (χ3n) is 3.04. The first-order chi connectivity index (χ1) is 10.1. The van der Waals surface area contributed by atoms with Crippen LogP contribution in [0.25, 0.3) is 17.0 Å². The van der Waals surface area contributed by atoms with Crippen molar-refractivity contribution in [1.82, 2.24) is 0 Å². The van der Waals surface area contributed by atoms with Gasteiger partial charge in [-0.15, -0.1) is 0 Å². The molecule has 1 heterocycles. The van der Waals surface area contributed by atoms with Gasteiger partial charge in [0.1, 0.15) is 11.3 Å². The van der Waals surface area contributed by atoms with Gasteiger partial charge in [-0.3, -0.25) is 4.79 Å². The van der Waals surface area contributed by atoms with E-state index in [2.05, 4.69) is 15.9 Å². The molecule has 0 aliphatic carbocycles. The molecule has 0 aliphatic heterocycles. The molecule has 0 atom stereocenters. The first-order valence-corrected chi connectivity index (χ1v) is 7.12. The van der Waals surface area contributed by atoms with Gasteiger partial charge in [0.25, 0.3) is 0 Å². The molecule has 3 nitrogen and oxygen atoms in total. The molecule has 0 amide bonds. The van der Waals surface area contributed by atoms with Crippen LogP contribution in [0.4, 0.5) is 0 Å². The van der Waals surface area contributed by atoms with Crippen LogP contribution in [0.3, 0.4) is 0 Å². The minimum atomic E-state index is -0.199. The number of ketones is 1. The van der Waals surface area contributed by atoms with E-state index < -0.39 is 0 Å². The zero-order valence-electron chi connectivity index (χ0n) is 10.9.